The van der Waals surface area contributed by atoms with Crippen LogP contribution in [0.2, 0.25) is 5.02 Å². The van der Waals surface area contributed by atoms with Gasteiger partial charge in [0.25, 0.3) is 0 Å². The highest BCUT2D eigenvalue weighted by Crippen LogP contribution is 2.25. The highest BCUT2D eigenvalue weighted by atomic mass is 35.5. The molecule has 6 heteroatoms. The first-order valence-corrected chi connectivity index (χ1v) is 9.44. The fraction of sp³-hybridized carbons (Fsp3) is 0.286. The second kappa shape index (κ2) is 7.24. The van der Waals surface area contributed by atoms with Crippen LogP contribution >= 0.6 is 11.6 Å². The number of anilines is 1. The number of hydrogen-bond donors (Lipinski definition) is 1. The van der Waals surface area contributed by atoms with Crippen LogP contribution in [0.4, 0.5) is 10.1 Å². The molecule has 4 nitrogen and oxygen atoms in total. The van der Waals surface area contributed by atoms with Crippen LogP contribution in [0, 0.1) is 12.7 Å². The quantitative estimate of drug-likeness (QED) is 0.735. The molecule has 1 saturated heterocycles. The standard InChI is InChI=1S/C21H21ClFN3O/c1-14-18(19-12-16(23)4-7-20(19)24-14)13-21(27)26-10-8-25(9-11-26)17-5-2-15(22)3-6-17/h2-7,12,24H,8-11,13H2,1H3. The van der Waals surface area contributed by atoms with Gasteiger partial charge in [0.1, 0.15) is 5.82 Å². The fourth-order valence-electron chi connectivity index (χ4n) is 3.71. The van der Waals surface area contributed by atoms with E-state index in [1.807, 2.05) is 36.1 Å². The summed E-state index contributed by atoms with van der Waals surface area (Å²) in [5, 5.41) is 1.51. The number of H-pyrrole nitrogens is 1. The number of carbonyl (C=O) groups excluding carboxylic acids is 1. The number of nitrogens with one attached hydrogen (secondary N) is 1. The average Bonchev–Trinajstić information content (AvgIpc) is 2.97. The lowest BCUT2D eigenvalue weighted by Gasteiger charge is -2.36. The number of nitrogens with zero attached hydrogens (tertiary/aromatic N) is 2. The number of fused-ring (bicyclic) bond motifs is 1. The van der Waals surface area contributed by atoms with E-state index in [0.717, 1.165) is 46.0 Å². The van der Waals surface area contributed by atoms with E-state index in [-0.39, 0.29) is 18.1 Å². The summed E-state index contributed by atoms with van der Waals surface area (Å²) in [5.41, 5.74) is 3.79. The Labute approximate surface area is 162 Å². The van der Waals surface area contributed by atoms with Gasteiger partial charge < -0.3 is 14.8 Å². The third kappa shape index (κ3) is 3.65. The van der Waals surface area contributed by atoms with Gasteiger partial charge in [0.15, 0.2) is 0 Å². The molecule has 0 radical (unpaired) electrons. The third-order valence-corrected chi connectivity index (χ3v) is 5.49. The maximum Gasteiger partial charge on any atom is 0.227 e. The van der Waals surface area contributed by atoms with Gasteiger partial charge >= 0.3 is 0 Å². The van der Waals surface area contributed by atoms with Gasteiger partial charge in [0.2, 0.25) is 5.91 Å². The summed E-state index contributed by atoms with van der Waals surface area (Å²) >= 11 is 5.95. The molecule has 4 rings (SSSR count). The largest absolute Gasteiger partial charge is 0.368 e. The molecular formula is C21H21ClFN3O. The Morgan fingerprint density at radius 2 is 1.81 bits per heavy atom. The van der Waals surface area contributed by atoms with E-state index in [4.69, 9.17) is 11.6 Å². The molecule has 0 saturated carbocycles. The summed E-state index contributed by atoms with van der Waals surface area (Å²) < 4.78 is 13.6. The second-order valence-electron chi connectivity index (χ2n) is 6.94. The number of hydrogen-bond acceptors (Lipinski definition) is 2. The average molecular weight is 386 g/mol. The number of benzene rings is 2. The normalized spacial score (nSPS) is 14.8. The van der Waals surface area contributed by atoms with E-state index in [1.165, 1.54) is 12.1 Å². The van der Waals surface area contributed by atoms with Crippen molar-refractivity contribution in [1.29, 1.82) is 0 Å². The lowest BCUT2D eigenvalue weighted by Crippen LogP contribution is -2.49. The molecule has 1 fully saturated rings. The minimum Gasteiger partial charge on any atom is -0.368 e. The number of aromatic nitrogens is 1. The van der Waals surface area contributed by atoms with Crippen molar-refractivity contribution in [2.24, 2.45) is 0 Å². The van der Waals surface area contributed by atoms with Gasteiger partial charge in [-0.2, -0.15) is 0 Å². The molecule has 0 atom stereocenters. The molecule has 1 N–H and O–H groups in total. The number of aryl methyl sites for hydroxylation is 1. The Hall–Kier alpha value is -2.53. The van der Waals surface area contributed by atoms with Crippen LogP contribution in [0.5, 0.6) is 0 Å². The molecular weight excluding hydrogens is 365 g/mol. The Morgan fingerprint density at radius 3 is 2.52 bits per heavy atom. The van der Waals surface area contributed by atoms with Crippen LogP contribution in [0.1, 0.15) is 11.3 Å². The van der Waals surface area contributed by atoms with Crippen molar-refractivity contribution in [3.63, 3.8) is 0 Å². The minimum atomic E-state index is -0.285. The van der Waals surface area contributed by atoms with Crippen molar-refractivity contribution in [3.8, 4) is 0 Å². The zero-order chi connectivity index (χ0) is 19.0. The Bertz CT molecular complexity index is 975. The fourth-order valence-corrected chi connectivity index (χ4v) is 3.84. The van der Waals surface area contributed by atoms with Gasteiger partial charge in [-0.1, -0.05) is 11.6 Å². The van der Waals surface area contributed by atoms with Crippen LogP contribution in [0.25, 0.3) is 10.9 Å². The molecule has 140 valence electrons. The maximum atomic E-state index is 13.6. The van der Waals surface area contributed by atoms with Crippen molar-refractivity contribution in [1.82, 2.24) is 9.88 Å². The predicted molar refractivity (Wildman–Crippen MR) is 107 cm³/mol. The molecule has 2 aromatic carbocycles. The molecule has 0 bridgehead atoms. The minimum absolute atomic E-state index is 0.0824. The molecule has 1 aliphatic heterocycles. The highest BCUT2D eigenvalue weighted by molar-refractivity contribution is 6.30. The number of amides is 1. The van der Waals surface area contributed by atoms with Gasteiger partial charge in [0, 0.05) is 53.5 Å². The van der Waals surface area contributed by atoms with Crippen molar-refractivity contribution in [2.75, 3.05) is 31.1 Å². The highest BCUT2D eigenvalue weighted by Gasteiger charge is 2.23. The smallest absolute Gasteiger partial charge is 0.227 e. The molecule has 2 heterocycles. The topological polar surface area (TPSA) is 39.3 Å². The zero-order valence-corrected chi connectivity index (χ0v) is 15.9. The van der Waals surface area contributed by atoms with Crippen LogP contribution in [0.15, 0.2) is 42.5 Å². The molecule has 3 aromatic rings. The summed E-state index contributed by atoms with van der Waals surface area (Å²) in [6, 6.07) is 12.4. The zero-order valence-electron chi connectivity index (χ0n) is 15.1. The number of halogens is 2. The van der Waals surface area contributed by atoms with Crippen LogP contribution in [-0.2, 0) is 11.2 Å². The number of aromatic amines is 1. The third-order valence-electron chi connectivity index (χ3n) is 5.23. The summed E-state index contributed by atoms with van der Waals surface area (Å²) in [7, 11) is 0. The number of carbonyl (C=O) groups is 1. The van der Waals surface area contributed by atoms with Gasteiger partial charge in [-0.3, -0.25) is 4.79 Å². The first kappa shape index (κ1) is 17.9. The van der Waals surface area contributed by atoms with Crippen molar-refractivity contribution >= 4 is 34.1 Å². The molecule has 1 amide bonds. The Kier molecular flexibility index (Phi) is 4.79. The van der Waals surface area contributed by atoms with Crippen molar-refractivity contribution in [2.45, 2.75) is 13.3 Å². The molecule has 1 aromatic heterocycles. The SMILES string of the molecule is Cc1[nH]c2ccc(F)cc2c1CC(=O)N1CCN(c2ccc(Cl)cc2)CC1. The second-order valence-corrected chi connectivity index (χ2v) is 7.38. The van der Waals surface area contributed by atoms with Gasteiger partial charge in [0.05, 0.1) is 6.42 Å². The predicted octanol–water partition coefficient (Wildman–Crippen LogP) is 4.16. The molecule has 0 aliphatic carbocycles. The van der Waals surface area contributed by atoms with E-state index in [1.54, 1.807) is 6.07 Å². The molecule has 27 heavy (non-hydrogen) atoms. The lowest BCUT2D eigenvalue weighted by atomic mass is 10.1. The monoisotopic (exact) mass is 385 g/mol. The number of piperazine rings is 1. The van der Waals surface area contributed by atoms with Crippen LogP contribution in [0.3, 0.4) is 0 Å². The van der Waals surface area contributed by atoms with Gasteiger partial charge in [-0.15, -0.1) is 0 Å². The molecule has 1 aliphatic rings. The van der Waals surface area contributed by atoms with Crippen LogP contribution < -0.4 is 4.90 Å². The van der Waals surface area contributed by atoms with E-state index in [2.05, 4.69) is 9.88 Å². The van der Waals surface area contributed by atoms with Crippen molar-refractivity contribution < 1.29 is 9.18 Å². The van der Waals surface area contributed by atoms with Crippen molar-refractivity contribution in [3.05, 3.63) is 64.6 Å². The summed E-state index contributed by atoms with van der Waals surface area (Å²) in [6.07, 6.45) is 0.288. The van der Waals surface area contributed by atoms with Crippen LogP contribution in [-0.4, -0.2) is 42.0 Å². The molecule has 0 spiro atoms. The Balaban J connectivity index is 1.44. The van der Waals surface area contributed by atoms with E-state index in [0.29, 0.717) is 13.1 Å². The van der Waals surface area contributed by atoms with Gasteiger partial charge in [-0.25, -0.2) is 4.39 Å². The lowest BCUT2D eigenvalue weighted by molar-refractivity contribution is -0.130. The van der Waals surface area contributed by atoms with E-state index in [9.17, 15) is 9.18 Å². The van der Waals surface area contributed by atoms with Gasteiger partial charge in [-0.05, 0) is 55.0 Å². The Morgan fingerprint density at radius 1 is 1.11 bits per heavy atom. The maximum absolute atomic E-state index is 13.6. The van der Waals surface area contributed by atoms with E-state index >= 15 is 0 Å². The summed E-state index contributed by atoms with van der Waals surface area (Å²) in [4.78, 5) is 20.2. The molecule has 0 unspecified atom stereocenters. The first-order valence-electron chi connectivity index (χ1n) is 9.06. The number of rotatable bonds is 3. The van der Waals surface area contributed by atoms with E-state index < -0.39 is 0 Å². The first-order chi connectivity index (χ1) is 13.0. The summed E-state index contributed by atoms with van der Waals surface area (Å²) in [5.74, 6) is -0.203. The summed E-state index contributed by atoms with van der Waals surface area (Å²) in [6.45, 7) is 4.86.